The quantitative estimate of drug-likeness (QED) is 0.779. The van der Waals surface area contributed by atoms with Gasteiger partial charge in [-0.3, -0.25) is 9.78 Å². The molecular weight excluding hydrogens is 212 g/mol. The summed E-state index contributed by atoms with van der Waals surface area (Å²) in [6.45, 7) is 0. The number of amides is 1. The predicted octanol–water partition coefficient (Wildman–Crippen LogP) is 1.81. The van der Waals surface area contributed by atoms with Gasteiger partial charge in [0.15, 0.2) is 0 Å². The van der Waals surface area contributed by atoms with Crippen molar-refractivity contribution < 1.29 is 4.79 Å². The van der Waals surface area contributed by atoms with Crippen molar-refractivity contribution in [3.8, 4) is 0 Å². The largest absolute Gasteiger partial charge is 0.348 e. The lowest BCUT2D eigenvalue weighted by Crippen LogP contribution is -2.31. The van der Waals surface area contributed by atoms with Gasteiger partial charge in [-0.15, -0.1) is 11.6 Å². The number of carbonyl (C=O) groups is 1. The molecule has 1 unspecified atom stereocenters. The van der Waals surface area contributed by atoms with Crippen LogP contribution in [-0.2, 0) is 11.2 Å². The number of carbonyl (C=O) groups excluding carboxylic acids is 1. The van der Waals surface area contributed by atoms with Crippen LogP contribution < -0.4 is 5.32 Å². The first-order valence-electron chi connectivity index (χ1n) is 5.10. The highest BCUT2D eigenvalue weighted by molar-refractivity contribution is 6.27. The zero-order valence-corrected chi connectivity index (χ0v) is 9.13. The van der Waals surface area contributed by atoms with E-state index in [1.165, 1.54) is 0 Å². The lowest BCUT2D eigenvalue weighted by molar-refractivity contribution is -0.119. The third-order valence-electron chi connectivity index (χ3n) is 2.66. The summed E-state index contributed by atoms with van der Waals surface area (Å²) in [6, 6.07) is 4.03. The second kappa shape index (κ2) is 4.62. The summed E-state index contributed by atoms with van der Waals surface area (Å²) in [7, 11) is 0. The first kappa shape index (κ1) is 10.4. The number of fused-ring (bicyclic) bond motifs is 1. The maximum Gasteiger partial charge on any atom is 0.235 e. The maximum atomic E-state index is 11.2. The Labute approximate surface area is 93.8 Å². The zero-order chi connectivity index (χ0) is 10.7. The molecule has 0 radical (unpaired) electrons. The highest BCUT2D eigenvalue weighted by atomic mass is 35.5. The standard InChI is InChI=1S/C11H13ClN2O/c12-7-11(15)14-10-5-1-4-9-8(10)3-2-6-13-9/h2-3,6,10H,1,4-5,7H2,(H,14,15). The molecule has 1 aromatic rings. The Morgan fingerprint density at radius 2 is 2.53 bits per heavy atom. The van der Waals surface area contributed by atoms with Gasteiger partial charge >= 0.3 is 0 Å². The van der Waals surface area contributed by atoms with Crippen molar-refractivity contribution in [1.82, 2.24) is 10.3 Å². The second-order valence-electron chi connectivity index (χ2n) is 3.69. The minimum absolute atomic E-state index is 0.0199. The topological polar surface area (TPSA) is 42.0 Å². The van der Waals surface area contributed by atoms with Gasteiger partial charge in [-0.1, -0.05) is 6.07 Å². The molecule has 15 heavy (non-hydrogen) atoms. The monoisotopic (exact) mass is 224 g/mol. The van der Waals surface area contributed by atoms with Crippen LogP contribution in [0.1, 0.15) is 30.1 Å². The second-order valence-corrected chi connectivity index (χ2v) is 3.95. The molecule has 0 saturated carbocycles. The van der Waals surface area contributed by atoms with Gasteiger partial charge in [-0.25, -0.2) is 0 Å². The van der Waals surface area contributed by atoms with Crippen molar-refractivity contribution >= 4 is 17.5 Å². The van der Waals surface area contributed by atoms with Gasteiger partial charge in [0.2, 0.25) is 5.91 Å². The Hall–Kier alpha value is -1.09. The Kier molecular flexibility index (Phi) is 3.21. The molecule has 1 aromatic heterocycles. The van der Waals surface area contributed by atoms with Crippen LogP contribution in [0.25, 0.3) is 0 Å². The van der Waals surface area contributed by atoms with E-state index in [-0.39, 0.29) is 17.8 Å². The van der Waals surface area contributed by atoms with Crippen LogP contribution in [-0.4, -0.2) is 16.8 Å². The fourth-order valence-electron chi connectivity index (χ4n) is 1.99. The van der Waals surface area contributed by atoms with Crippen LogP contribution >= 0.6 is 11.6 Å². The molecular formula is C11H13ClN2O. The van der Waals surface area contributed by atoms with Gasteiger partial charge in [0, 0.05) is 11.9 Å². The highest BCUT2D eigenvalue weighted by Crippen LogP contribution is 2.27. The SMILES string of the molecule is O=C(CCl)NC1CCCc2ncccc21. The third-order valence-corrected chi connectivity index (χ3v) is 2.91. The Balaban J connectivity index is 2.18. The van der Waals surface area contributed by atoms with Crippen molar-refractivity contribution in [3.05, 3.63) is 29.6 Å². The van der Waals surface area contributed by atoms with Gasteiger partial charge in [0.1, 0.15) is 5.88 Å². The van der Waals surface area contributed by atoms with Crippen molar-refractivity contribution in [3.63, 3.8) is 0 Å². The number of aryl methyl sites for hydroxylation is 1. The van der Waals surface area contributed by atoms with E-state index in [4.69, 9.17) is 11.6 Å². The number of alkyl halides is 1. The molecule has 0 spiro atoms. The van der Waals surface area contributed by atoms with Crippen LogP contribution in [0, 0.1) is 0 Å². The van der Waals surface area contributed by atoms with Crippen molar-refractivity contribution in [2.24, 2.45) is 0 Å². The number of hydrogen-bond acceptors (Lipinski definition) is 2. The maximum absolute atomic E-state index is 11.2. The molecule has 1 amide bonds. The van der Waals surface area contributed by atoms with Crippen LogP contribution in [0.5, 0.6) is 0 Å². The van der Waals surface area contributed by atoms with E-state index in [0.29, 0.717) is 0 Å². The molecule has 1 N–H and O–H groups in total. The Bertz CT molecular complexity index is 367. The summed E-state index contributed by atoms with van der Waals surface area (Å²) in [6.07, 6.45) is 4.84. The molecule has 0 aliphatic heterocycles. The van der Waals surface area contributed by atoms with Crippen molar-refractivity contribution in [2.75, 3.05) is 5.88 Å². The van der Waals surface area contributed by atoms with Gasteiger partial charge in [0.25, 0.3) is 0 Å². The minimum Gasteiger partial charge on any atom is -0.348 e. The molecule has 3 nitrogen and oxygen atoms in total. The average molecular weight is 225 g/mol. The molecule has 0 saturated heterocycles. The Morgan fingerprint density at radius 1 is 1.67 bits per heavy atom. The van der Waals surface area contributed by atoms with Crippen LogP contribution in [0.15, 0.2) is 18.3 Å². The highest BCUT2D eigenvalue weighted by Gasteiger charge is 2.21. The molecule has 1 heterocycles. The van der Waals surface area contributed by atoms with E-state index in [9.17, 15) is 4.79 Å². The molecule has 0 bridgehead atoms. The van der Waals surface area contributed by atoms with Crippen molar-refractivity contribution in [1.29, 1.82) is 0 Å². The first-order chi connectivity index (χ1) is 7.31. The molecule has 0 fully saturated rings. The lowest BCUT2D eigenvalue weighted by Gasteiger charge is -2.25. The van der Waals surface area contributed by atoms with E-state index in [2.05, 4.69) is 10.3 Å². The molecule has 1 aliphatic rings. The molecule has 0 aromatic carbocycles. The van der Waals surface area contributed by atoms with Crippen LogP contribution in [0.4, 0.5) is 0 Å². The summed E-state index contributed by atoms with van der Waals surface area (Å²) in [5, 5.41) is 2.91. The van der Waals surface area contributed by atoms with Crippen molar-refractivity contribution in [2.45, 2.75) is 25.3 Å². The van der Waals surface area contributed by atoms with E-state index in [0.717, 1.165) is 30.5 Å². The predicted molar refractivity (Wildman–Crippen MR) is 58.8 cm³/mol. The number of halogens is 1. The van der Waals surface area contributed by atoms with E-state index in [1.54, 1.807) is 6.20 Å². The number of rotatable bonds is 2. The van der Waals surface area contributed by atoms with Crippen LogP contribution in [0.2, 0.25) is 0 Å². The van der Waals surface area contributed by atoms with Gasteiger partial charge in [-0.2, -0.15) is 0 Å². The third kappa shape index (κ3) is 2.29. The van der Waals surface area contributed by atoms with Gasteiger partial charge in [0.05, 0.1) is 6.04 Å². The van der Waals surface area contributed by atoms with E-state index >= 15 is 0 Å². The molecule has 80 valence electrons. The molecule has 1 aliphatic carbocycles. The minimum atomic E-state index is -0.113. The van der Waals surface area contributed by atoms with Gasteiger partial charge < -0.3 is 5.32 Å². The molecule has 4 heteroatoms. The normalized spacial score (nSPS) is 19.4. The summed E-state index contributed by atoms with van der Waals surface area (Å²) in [4.78, 5) is 15.5. The number of nitrogens with one attached hydrogen (secondary N) is 1. The summed E-state index contributed by atoms with van der Waals surface area (Å²) in [5.41, 5.74) is 2.24. The van der Waals surface area contributed by atoms with E-state index in [1.807, 2.05) is 12.1 Å². The van der Waals surface area contributed by atoms with Crippen LogP contribution in [0.3, 0.4) is 0 Å². The fraction of sp³-hybridized carbons (Fsp3) is 0.455. The first-order valence-corrected chi connectivity index (χ1v) is 5.64. The number of nitrogens with zero attached hydrogens (tertiary/aromatic N) is 1. The van der Waals surface area contributed by atoms with E-state index < -0.39 is 0 Å². The number of aromatic nitrogens is 1. The number of pyridine rings is 1. The molecule has 2 rings (SSSR count). The Morgan fingerprint density at radius 3 is 3.33 bits per heavy atom. The number of hydrogen-bond donors (Lipinski definition) is 1. The fourth-order valence-corrected chi connectivity index (χ4v) is 2.07. The molecule has 1 atom stereocenters. The smallest absolute Gasteiger partial charge is 0.235 e. The summed E-state index contributed by atoms with van der Waals surface area (Å²) in [5.74, 6) is -0.0927. The zero-order valence-electron chi connectivity index (χ0n) is 8.37. The van der Waals surface area contributed by atoms with Gasteiger partial charge in [-0.05, 0) is 30.9 Å². The lowest BCUT2D eigenvalue weighted by atomic mass is 9.91. The summed E-state index contributed by atoms with van der Waals surface area (Å²) < 4.78 is 0. The summed E-state index contributed by atoms with van der Waals surface area (Å²) >= 11 is 5.47. The average Bonchev–Trinajstić information content (AvgIpc) is 2.29.